The van der Waals surface area contributed by atoms with Crippen LogP contribution in [0.3, 0.4) is 0 Å². The molecule has 1 fully saturated rings. The molecule has 1 heterocycles. The molecule has 1 aromatic rings. The lowest BCUT2D eigenvalue weighted by molar-refractivity contribution is 0.0942. The molecule has 0 spiro atoms. The molecule has 1 aliphatic rings. The van der Waals surface area contributed by atoms with Crippen LogP contribution in [0.2, 0.25) is 0 Å². The first-order valence-electron chi connectivity index (χ1n) is 6.95. The van der Waals surface area contributed by atoms with Crippen molar-refractivity contribution >= 4 is 12.9 Å². The maximum absolute atomic E-state index is 6.07. The fourth-order valence-electron chi connectivity index (χ4n) is 2.24. The van der Waals surface area contributed by atoms with E-state index in [9.17, 15) is 0 Å². The van der Waals surface area contributed by atoms with E-state index in [1.165, 1.54) is 0 Å². The highest BCUT2D eigenvalue weighted by Gasteiger charge is 2.35. The Morgan fingerprint density at radius 2 is 1.95 bits per heavy atom. The molecule has 0 aromatic heterocycles. The van der Waals surface area contributed by atoms with Crippen molar-refractivity contribution in [2.75, 3.05) is 26.2 Å². The summed E-state index contributed by atoms with van der Waals surface area (Å²) in [7, 11) is 0. The molecule has 4 heteroatoms. The van der Waals surface area contributed by atoms with Crippen LogP contribution in [-0.2, 0) is 4.18 Å². The van der Waals surface area contributed by atoms with Crippen LogP contribution in [0.25, 0.3) is 0 Å². The maximum Gasteiger partial charge on any atom is 0.120 e. The van der Waals surface area contributed by atoms with Crippen LogP contribution in [-0.4, -0.2) is 36.7 Å². The summed E-state index contributed by atoms with van der Waals surface area (Å²) < 4.78 is 10.9. The van der Waals surface area contributed by atoms with E-state index >= 15 is 0 Å². The quantitative estimate of drug-likeness (QED) is 0.661. The Hall–Kier alpha value is -0.710. The van der Waals surface area contributed by atoms with Gasteiger partial charge in [-0.15, -0.1) is 0 Å². The zero-order valence-corrected chi connectivity index (χ0v) is 13.0. The summed E-state index contributed by atoms with van der Waals surface area (Å²) in [5, 5.41) is 0. The summed E-state index contributed by atoms with van der Waals surface area (Å²) in [6.07, 6.45) is 1.05. The fourth-order valence-corrected chi connectivity index (χ4v) is 2.32. The second kappa shape index (κ2) is 8.46. The fraction of sp³-hybridized carbons (Fsp3) is 0.600. The molecule has 0 saturated carbocycles. The highest BCUT2D eigenvalue weighted by atomic mass is 32.1. The molecule has 0 bridgehead atoms. The lowest BCUT2D eigenvalue weighted by Crippen LogP contribution is -2.36. The van der Waals surface area contributed by atoms with Gasteiger partial charge in [-0.3, -0.25) is 4.90 Å². The van der Waals surface area contributed by atoms with Crippen LogP contribution in [0, 0.1) is 0 Å². The van der Waals surface area contributed by atoms with E-state index in [2.05, 4.69) is 24.7 Å². The maximum atomic E-state index is 6.07. The summed E-state index contributed by atoms with van der Waals surface area (Å²) in [6.45, 7) is 9.74. The third kappa shape index (κ3) is 5.43. The molecular formula is C15H25NO2S. The minimum atomic E-state index is -0.0854. The number of hydrogen-bond donors (Lipinski definition) is 1. The second-order valence-corrected chi connectivity index (χ2v) is 4.98. The Balaban J connectivity index is 0.000000861. The predicted molar refractivity (Wildman–Crippen MR) is 82.8 cm³/mol. The van der Waals surface area contributed by atoms with Crippen molar-refractivity contribution < 1.29 is 8.92 Å². The molecule has 19 heavy (non-hydrogen) atoms. The largest absolute Gasteiger partial charge is 0.486 e. The van der Waals surface area contributed by atoms with Gasteiger partial charge in [-0.25, -0.2) is 0 Å². The van der Waals surface area contributed by atoms with Crippen LogP contribution in [0.5, 0.6) is 5.75 Å². The van der Waals surface area contributed by atoms with E-state index in [0.29, 0.717) is 6.61 Å². The van der Waals surface area contributed by atoms with Crippen LogP contribution in [0.4, 0.5) is 0 Å². The van der Waals surface area contributed by atoms with E-state index in [1.54, 1.807) is 0 Å². The van der Waals surface area contributed by atoms with Gasteiger partial charge in [0, 0.05) is 26.1 Å². The normalized spacial score (nSPS) is 22.7. The second-order valence-electron chi connectivity index (χ2n) is 4.72. The Labute approximate surface area is 122 Å². The van der Waals surface area contributed by atoms with Gasteiger partial charge in [0.15, 0.2) is 0 Å². The molecule has 1 aliphatic heterocycles. The lowest BCUT2D eigenvalue weighted by Gasteiger charge is -2.26. The minimum Gasteiger partial charge on any atom is -0.486 e. The van der Waals surface area contributed by atoms with Crippen molar-refractivity contribution in [3.8, 4) is 5.75 Å². The molecule has 0 radical (unpaired) electrons. The molecule has 0 amide bonds. The number of hydrogen-bond acceptors (Lipinski definition) is 4. The zero-order chi connectivity index (χ0) is 14.1. The van der Waals surface area contributed by atoms with Gasteiger partial charge in [0.2, 0.25) is 0 Å². The van der Waals surface area contributed by atoms with Crippen molar-refractivity contribution in [1.29, 1.82) is 0 Å². The van der Waals surface area contributed by atoms with Crippen molar-refractivity contribution in [2.24, 2.45) is 0 Å². The van der Waals surface area contributed by atoms with Crippen LogP contribution in [0.15, 0.2) is 30.3 Å². The summed E-state index contributed by atoms with van der Waals surface area (Å²) in [4.78, 5) is 2.35. The van der Waals surface area contributed by atoms with Gasteiger partial charge >= 0.3 is 0 Å². The highest BCUT2D eigenvalue weighted by molar-refractivity contribution is 7.75. The number of likely N-dealkylation sites (tertiary alicyclic amines) is 1. The third-order valence-electron chi connectivity index (χ3n) is 3.12. The van der Waals surface area contributed by atoms with Crippen LogP contribution >= 0.6 is 12.9 Å². The molecule has 108 valence electrons. The summed E-state index contributed by atoms with van der Waals surface area (Å²) in [5.41, 5.74) is -0.0854. The van der Waals surface area contributed by atoms with Crippen molar-refractivity contribution in [3.63, 3.8) is 0 Å². The van der Waals surface area contributed by atoms with E-state index < -0.39 is 0 Å². The summed E-state index contributed by atoms with van der Waals surface area (Å²) >= 11 is 3.76. The molecule has 0 aliphatic carbocycles. The Morgan fingerprint density at radius 3 is 2.58 bits per heavy atom. The van der Waals surface area contributed by atoms with Crippen molar-refractivity contribution in [2.45, 2.75) is 32.8 Å². The smallest absolute Gasteiger partial charge is 0.120 e. The van der Waals surface area contributed by atoms with Gasteiger partial charge in [-0.1, -0.05) is 32.0 Å². The number of para-hydroxylation sites is 1. The van der Waals surface area contributed by atoms with Crippen LogP contribution in [0.1, 0.15) is 27.2 Å². The molecule has 1 atom stereocenters. The number of rotatable bonds is 5. The van der Waals surface area contributed by atoms with Gasteiger partial charge in [0.1, 0.15) is 11.4 Å². The van der Waals surface area contributed by atoms with E-state index in [4.69, 9.17) is 8.92 Å². The minimum absolute atomic E-state index is 0.0854. The average molecular weight is 283 g/mol. The number of benzene rings is 1. The zero-order valence-electron chi connectivity index (χ0n) is 12.1. The predicted octanol–water partition coefficient (Wildman–Crippen LogP) is 3.42. The third-order valence-corrected chi connectivity index (χ3v) is 3.30. The lowest BCUT2D eigenvalue weighted by atomic mass is 10.1. The Kier molecular flexibility index (Phi) is 7.28. The van der Waals surface area contributed by atoms with Gasteiger partial charge in [0.25, 0.3) is 0 Å². The first-order valence-corrected chi connectivity index (χ1v) is 7.31. The van der Waals surface area contributed by atoms with E-state index in [0.717, 1.165) is 31.8 Å². The highest BCUT2D eigenvalue weighted by Crippen LogP contribution is 2.27. The van der Waals surface area contributed by atoms with Crippen molar-refractivity contribution in [3.05, 3.63) is 30.3 Å². The number of ether oxygens (including phenoxy) is 1. The van der Waals surface area contributed by atoms with Gasteiger partial charge in [-0.2, -0.15) is 0 Å². The van der Waals surface area contributed by atoms with Gasteiger partial charge < -0.3 is 8.92 Å². The van der Waals surface area contributed by atoms with Crippen LogP contribution < -0.4 is 4.74 Å². The van der Waals surface area contributed by atoms with E-state index in [-0.39, 0.29) is 5.60 Å². The molecule has 2 rings (SSSR count). The van der Waals surface area contributed by atoms with E-state index in [1.807, 2.05) is 44.2 Å². The molecular weight excluding hydrogens is 258 g/mol. The van der Waals surface area contributed by atoms with Crippen molar-refractivity contribution in [1.82, 2.24) is 4.90 Å². The molecule has 1 saturated heterocycles. The standard InChI is InChI=1S/C13H19NO2S.C2H6/c1-13(16-12-5-3-2-4-6-12)7-8-14(11-13)9-10-15-17;1-2/h2-6,17H,7-11H2,1H3;1-2H3. The monoisotopic (exact) mass is 283 g/mol. The van der Waals surface area contributed by atoms with Gasteiger partial charge in [-0.05, 0) is 32.0 Å². The Morgan fingerprint density at radius 1 is 1.26 bits per heavy atom. The first-order chi connectivity index (χ1) is 9.22. The van der Waals surface area contributed by atoms with Gasteiger partial charge in [0.05, 0.1) is 6.61 Å². The topological polar surface area (TPSA) is 21.7 Å². The summed E-state index contributed by atoms with van der Waals surface area (Å²) in [6, 6.07) is 10.0. The molecule has 1 aromatic carbocycles. The first kappa shape index (κ1) is 16.3. The SMILES string of the molecule is CC.CC1(Oc2ccccc2)CCN(CCOS)C1. The summed E-state index contributed by atoms with van der Waals surface area (Å²) in [5.74, 6) is 0.947. The molecule has 1 unspecified atom stereocenters. The Bertz CT molecular complexity index is 347. The number of thiol groups is 1. The average Bonchev–Trinajstić information content (AvgIpc) is 2.81. The molecule has 3 nitrogen and oxygen atoms in total. The molecule has 0 N–H and O–H groups in total. The number of nitrogens with zero attached hydrogens (tertiary/aromatic N) is 1.